The molecule has 1 atom stereocenters. The third-order valence-corrected chi connectivity index (χ3v) is 4.36. The molecule has 1 unspecified atom stereocenters. The van der Waals surface area contributed by atoms with Gasteiger partial charge in [0.25, 0.3) is 0 Å². The van der Waals surface area contributed by atoms with Crippen LogP contribution in [0.15, 0.2) is 29.3 Å². The predicted molar refractivity (Wildman–Crippen MR) is 123 cm³/mol. The molecule has 0 fully saturated rings. The van der Waals surface area contributed by atoms with Crippen molar-refractivity contribution in [2.45, 2.75) is 38.2 Å². The van der Waals surface area contributed by atoms with Crippen LogP contribution < -0.4 is 20.1 Å². The molecule has 1 aliphatic heterocycles. The number of nitrogens with one attached hydrogen (secondary N) is 2. The fourth-order valence-electron chi connectivity index (χ4n) is 2.88. The number of benzene rings is 1. The minimum atomic E-state index is -0.0138. The summed E-state index contributed by atoms with van der Waals surface area (Å²) in [7, 11) is 6.06. The van der Waals surface area contributed by atoms with Crippen molar-refractivity contribution in [3.05, 3.63) is 24.3 Å². The molecule has 27 heavy (non-hydrogen) atoms. The highest BCUT2D eigenvalue weighted by Gasteiger charge is 2.20. The summed E-state index contributed by atoms with van der Waals surface area (Å²) in [6, 6.07) is 7.78. The van der Waals surface area contributed by atoms with Gasteiger partial charge in [0, 0.05) is 13.6 Å². The number of ether oxygens (including phenoxy) is 2. The van der Waals surface area contributed by atoms with Crippen LogP contribution in [0.25, 0.3) is 0 Å². The first-order valence-corrected chi connectivity index (χ1v) is 9.67. The zero-order valence-corrected chi connectivity index (χ0v) is 19.2. The minimum absolute atomic E-state index is 0. The molecule has 6 nitrogen and oxygen atoms in total. The van der Waals surface area contributed by atoms with Crippen molar-refractivity contribution in [1.82, 2.24) is 15.5 Å². The highest BCUT2D eigenvalue weighted by molar-refractivity contribution is 14.0. The van der Waals surface area contributed by atoms with Crippen LogP contribution in [0.2, 0.25) is 0 Å². The number of para-hydroxylation sites is 2. The van der Waals surface area contributed by atoms with Crippen LogP contribution in [-0.2, 0) is 0 Å². The highest BCUT2D eigenvalue weighted by Crippen LogP contribution is 2.30. The lowest BCUT2D eigenvalue weighted by molar-refractivity contribution is 0.0936. The van der Waals surface area contributed by atoms with Crippen LogP contribution in [0.1, 0.15) is 32.1 Å². The molecule has 1 aromatic carbocycles. The van der Waals surface area contributed by atoms with Gasteiger partial charge in [-0.15, -0.1) is 24.0 Å². The van der Waals surface area contributed by atoms with Crippen LogP contribution >= 0.6 is 24.0 Å². The molecule has 0 aliphatic carbocycles. The number of guanidine groups is 1. The maximum Gasteiger partial charge on any atom is 0.191 e. The first kappa shape index (κ1) is 23.8. The number of nitrogens with zero attached hydrogens (tertiary/aromatic N) is 2. The van der Waals surface area contributed by atoms with Crippen molar-refractivity contribution >= 4 is 29.9 Å². The second kappa shape index (κ2) is 13.9. The van der Waals surface area contributed by atoms with E-state index in [-0.39, 0.29) is 30.1 Å². The monoisotopic (exact) mass is 490 g/mol. The molecule has 0 aromatic heterocycles. The fourth-order valence-corrected chi connectivity index (χ4v) is 2.88. The first-order valence-electron chi connectivity index (χ1n) is 9.67. The van der Waals surface area contributed by atoms with Crippen LogP contribution in [0.4, 0.5) is 0 Å². The Bertz CT molecular complexity index is 555. The lowest BCUT2D eigenvalue weighted by atomic mass is 10.1. The Kier molecular flexibility index (Phi) is 12.2. The summed E-state index contributed by atoms with van der Waals surface area (Å²) >= 11 is 0. The summed E-state index contributed by atoms with van der Waals surface area (Å²) in [5.74, 6) is 2.44. The zero-order valence-electron chi connectivity index (χ0n) is 16.9. The van der Waals surface area contributed by atoms with E-state index >= 15 is 0 Å². The van der Waals surface area contributed by atoms with E-state index in [9.17, 15) is 0 Å². The van der Waals surface area contributed by atoms with Gasteiger partial charge in [0.1, 0.15) is 12.7 Å². The maximum absolute atomic E-state index is 5.95. The average molecular weight is 490 g/mol. The Morgan fingerprint density at radius 3 is 2.52 bits per heavy atom. The summed E-state index contributed by atoms with van der Waals surface area (Å²) in [6.07, 6.45) is 6.31. The number of halogens is 1. The molecule has 0 bridgehead atoms. The quantitative estimate of drug-likeness (QED) is 0.229. The van der Waals surface area contributed by atoms with Crippen LogP contribution in [0, 0.1) is 0 Å². The molecular formula is C20H35IN4O2. The molecule has 0 saturated heterocycles. The number of hydrogen-bond acceptors (Lipinski definition) is 4. The predicted octanol–water partition coefficient (Wildman–Crippen LogP) is 3.12. The molecule has 154 valence electrons. The van der Waals surface area contributed by atoms with Crippen molar-refractivity contribution in [1.29, 1.82) is 0 Å². The molecule has 0 amide bonds. The summed E-state index contributed by atoms with van der Waals surface area (Å²) in [6.45, 7) is 3.34. The van der Waals surface area contributed by atoms with Crippen molar-refractivity contribution in [3.63, 3.8) is 0 Å². The molecule has 7 heteroatoms. The molecule has 1 aromatic rings. The number of unbranched alkanes of at least 4 members (excludes halogenated alkanes) is 4. The Morgan fingerprint density at radius 1 is 1.07 bits per heavy atom. The summed E-state index contributed by atoms with van der Waals surface area (Å²) in [4.78, 5) is 6.52. The topological polar surface area (TPSA) is 58.1 Å². The van der Waals surface area contributed by atoms with Crippen molar-refractivity contribution < 1.29 is 9.47 Å². The zero-order chi connectivity index (χ0) is 18.6. The van der Waals surface area contributed by atoms with Crippen LogP contribution in [-0.4, -0.2) is 64.3 Å². The molecule has 1 aliphatic rings. The Morgan fingerprint density at radius 2 is 1.78 bits per heavy atom. The highest BCUT2D eigenvalue weighted by atomic mass is 127. The molecule has 0 saturated carbocycles. The fraction of sp³-hybridized carbons (Fsp3) is 0.650. The van der Waals surface area contributed by atoms with Crippen LogP contribution in [0.3, 0.4) is 0 Å². The second-order valence-corrected chi connectivity index (χ2v) is 6.95. The largest absolute Gasteiger partial charge is 0.486 e. The van der Waals surface area contributed by atoms with Gasteiger partial charge in [-0.05, 0) is 45.6 Å². The third kappa shape index (κ3) is 9.51. The first-order chi connectivity index (χ1) is 12.7. The van der Waals surface area contributed by atoms with Gasteiger partial charge in [-0.1, -0.05) is 31.4 Å². The van der Waals surface area contributed by atoms with E-state index in [2.05, 4.69) is 34.6 Å². The molecule has 2 rings (SSSR count). The van der Waals surface area contributed by atoms with Gasteiger partial charge in [0.15, 0.2) is 17.5 Å². The molecular weight excluding hydrogens is 455 g/mol. The van der Waals surface area contributed by atoms with Crippen molar-refractivity contribution in [2.24, 2.45) is 4.99 Å². The summed E-state index contributed by atoms with van der Waals surface area (Å²) in [5, 5.41) is 6.69. The van der Waals surface area contributed by atoms with Gasteiger partial charge < -0.3 is 25.0 Å². The average Bonchev–Trinajstić information content (AvgIpc) is 2.65. The lowest BCUT2D eigenvalue weighted by Crippen LogP contribution is -2.45. The maximum atomic E-state index is 5.95. The summed E-state index contributed by atoms with van der Waals surface area (Å²) in [5.41, 5.74) is 0. The Hall–Kier alpha value is -1.22. The number of rotatable bonds is 10. The third-order valence-electron chi connectivity index (χ3n) is 4.36. The Labute approximate surface area is 181 Å². The number of hydrogen-bond donors (Lipinski definition) is 2. The lowest BCUT2D eigenvalue weighted by Gasteiger charge is -2.27. The number of aliphatic imine (C=N–C) groups is 1. The molecule has 1 heterocycles. The van der Waals surface area contributed by atoms with Gasteiger partial charge in [0.2, 0.25) is 0 Å². The van der Waals surface area contributed by atoms with Gasteiger partial charge in [-0.2, -0.15) is 0 Å². The standard InChI is InChI=1S/C20H34N4O2.HI/c1-21-20(22-13-9-5-4-6-10-14-24(2)3)23-15-17-16-25-18-11-7-8-12-19(18)26-17;/h7-8,11-12,17H,4-6,9-10,13-16H2,1-3H3,(H2,21,22,23);1H. The SMILES string of the molecule is CN=C(NCCCCCCCN(C)C)NCC1COc2ccccc2O1.I. The van der Waals surface area contributed by atoms with Gasteiger partial charge in [0.05, 0.1) is 6.54 Å². The van der Waals surface area contributed by atoms with E-state index in [4.69, 9.17) is 9.47 Å². The molecule has 0 spiro atoms. The van der Waals surface area contributed by atoms with E-state index in [1.54, 1.807) is 7.05 Å². The van der Waals surface area contributed by atoms with E-state index in [0.717, 1.165) is 24.0 Å². The molecule has 2 N–H and O–H groups in total. The minimum Gasteiger partial charge on any atom is -0.486 e. The van der Waals surface area contributed by atoms with E-state index < -0.39 is 0 Å². The van der Waals surface area contributed by atoms with Gasteiger partial charge >= 0.3 is 0 Å². The van der Waals surface area contributed by atoms with Gasteiger partial charge in [-0.3, -0.25) is 4.99 Å². The molecule has 0 radical (unpaired) electrons. The van der Waals surface area contributed by atoms with Crippen molar-refractivity contribution in [2.75, 3.05) is 47.4 Å². The van der Waals surface area contributed by atoms with Crippen molar-refractivity contribution in [3.8, 4) is 11.5 Å². The number of fused-ring (bicyclic) bond motifs is 1. The summed E-state index contributed by atoms with van der Waals surface area (Å²) < 4.78 is 11.7. The van der Waals surface area contributed by atoms with E-state index in [0.29, 0.717) is 13.2 Å². The smallest absolute Gasteiger partial charge is 0.191 e. The normalized spacial score (nSPS) is 16.0. The van der Waals surface area contributed by atoms with Gasteiger partial charge in [-0.25, -0.2) is 0 Å². The van der Waals surface area contributed by atoms with E-state index in [1.807, 2.05) is 24.3 Å². The van der Waals surface area contributed by atoms with Crippen LogP contribution in [0.5, 0.6) is 11.5 Å². The Balaban J connectivity index is 0.00000364. The second-order valence-electron chi connectivity index (χ2n) is 6.95. The van der Waals surface area contributed by atoms with E-state index in [1.165, 1.54) is 38.6 Å².